The third-order valence-corrected chi connectivity index (χ3v) is 7.58. The molecule has 0 unspecified atom stereocenters. The number of hydrogen-bond acceptors (Lipinski definition) is 5. The van der Waals surface area contributed by atoms with Crippen molar-refractivity contribution in [3.63, 3.8) is 0 Å². The van der Waals surface area contributed by atoms with Crippen LogP contribution in [0.3, 0.4) is 0 Å². The molecule has 2 heterocycles. The fourth-order valence-electron chi connectivity index (χ4n) is 4.58. The number of carbonyl (C=O) groups excluding carboxylic acids is 2. The summed E-state index contributed by atoms with van der Waals surface area (Å²) in [5, 5.41) is 0. The molecule has 0 aliphatic carbocycles. The normalized spacial score (nSPS) is 15.5. The van der Waals surface area contributed by atoms with Gasteiger partial charge >= 0.3 is 0 Å². The van der Waals surface area contributed by atoms with Gasteiger partial charge in [0.1, 0.15) is 0 Å². The number of primary amides is 1. The summed E-state index contributed by atoms with van der Waals surface area (Å²) in [5.41, 5.74) is 9.33. The van der Waals surface area contributed by atoms with Crippen LogP contribution in [0.15, 0.2) is 82.6 Å². The quantitative estimate of drug-likeness (QED) is 0.584. The predicted molar refractivity (Wildman–Crippen MR) is 135 cm³/mol. The number of fused-ring (bicyclic) bond motifs is 2. The van der Waals surface area contributed by atoms with Gasteiger partial charge in [0.05, 0.1) is 11.4 Å². The van der Waals surface area contributed by atoms with Crippen molar-refractivity contribution < 1.29 is 9.59 Å². The molecule has 0 radical (unpaired) electrons. The Morgan fingerprint density at radius 1 is 0.794 bits per heavy atom. The molecule has 0 aromatic heterocycles. The molecule has 6 nitrogen and oxygen atoms in total. The molecule has 0 bridgehead atoms. The van der Waals surface area contributed by atoms with E-state index in [9.17, 15) is 9.59 Å². The smallest absolute Gasteiger partial charge is 0.248 e. The van der Waals surface area contributed by atoms with Crippen LogP contribution in [0.4, 0.5) is 11.4 Å². The molecule has 2 amide bonds. The molecule has 2 N–H and O–H groups in total. The fourth-order valence-corrected chi connectivity index (χ4v) is 5.67. The van der Waals surface area contributed by atoms with E-state index in [-0.39, 0.29) is 5.91 Å². The van der Waals surface area contributed by atoms with E-state index in [0.29, 0.717) is 18.5 Å². The fraction of sp³-hybridized carbons (Fsp3) is 0.259. The zero-order chi connectivity index (χ0) is 23.5. The maximum Gasteiger partial charge on any atom is 0.248 e. The average molecular weight is 473 g/mol. The number of piperazine rings is 1. The number of hydrogen-bond donors (Lipinski definition) is 1. The Bertz CT molecular complexity index is 1140. The molecule has 7 heteroatoms. The molecule has 2 aliphatic heterocycles. The van der Waals surface area contributed by atoms with E-state index in [0.717, 1.165) is 38.3 Å². The van der Waals surface area contributed by atoms with Gasteiger partial charge in [-0.1, -0.05) is 48.2 Å². The van der Waals surface area contributed by atoms with Crippen molar-refractivity contribution in [2.45, 2.75) is 22.8 Å². The Balaban J connectivity index is 1.16. The first-order valence-corrected chi connectivity index (χ1v) is 12.4. The van der Waals surface area contributed by atoms with Gasteiger partial charge < -0.3 is 15.5 Å². The molecule has 0 spiro atoms. The summed E-state index contributed by atoms with van der Waals surface area (Å²) in [6.45, 7) is 4.63. The highest BCUT2D eigenvalue weighted by Gasteiger charge is 2.25. The molecule has 174 valence electrons. The molecule has 5 rings (SSSR count). The zero-order valence-electron chi connectivity index (χ0n) is 19.0. The highest BCUT2D eigenvalue weighted by Crippen LogP contribution is 2.47. The van der Waals surface area contributed by atoms with E-state index in [1.165, 1.54) is 21.2 Å². The van der Waals surface area contributed by atoms with Crippen molar-refractivity contribution in [2.75, 3.05) is 37.6 Å². The minimum atomic E-state index is -0.408. The first-order chi connectivity index (χ1) is 16.6. The summed E-state index contributed by atoms with van der Waals surface area (Å²) in [5.74, 6) is -0.201. The van der Waals surface area contributed by atoms with Crippen LogP contribution in [0.2, 0.25) is 0 Å². The number of para-hydroxylation sites is 2. The summed E-state index contributed by atoms with van der Waals surface area (Å²) in [6, 6.07) is 24.2. The van der Waals surface area contributed by atoms with Gasteiger partial charge in [-0.15, -0.1) is 0 Å². The minimum Gasteiger partial charge on any atom is -0.366 e. The van der Waals surface area contributed by atoms with Crippen molar-refractivity contribution >= 4 is 35.0 Å². The van der Waals surface area contributed by atoms with Crippen LogP contribution in [0.5, 0.6) is 0 Å². The van der Waals surface area contributed by atoms with Gasteiger partial charge in [0.2, 0.25) is 11.8 Å². The van der Waals surface area contributed by atoms with Gasteiger partial charge in [0.25, 0.3) is 0 Å². The Kier molecular flexibility index (Phi) is 6.56. The Hall–Kier alpha value is -3.29. The first-order valence-electron chi connectivity index (χ1n) is 11.6. The van der Waals surface area contributed by atoms with Crippen molar-refractivity contribution in [3.05, 3.63) is 83.9 Å². The largest absolute Gasteiger partial charge is 0.366 e. The monoisotopic (exact) mass is 472 g/mol. The van der Waals surface area contributed by atoms with Gasteiger partial charge in [-0.25, -0.2) is 0 Å². The van der Waals surface area contributed by atoms with Crippen LogP contribution in [0.25, 0.3) is 0 Å². The van der Waals surface area contributed by atoms with Gasteiger partial charge in [-0.3, -0.25) is 14.5 Å². The molecule has 1 fully saturated rings. The zero-order valence-corrected chi connectivity index (χ0v) is 19.8. The Morgan fingerprint density at radius 2 is 1.38 bits per heavy atom. The van der Waals surface area contributed by atoms with Crippen molar-refractivity contribution in [1.29, 1.82) is 0 Å². The standard InChI is InChI=1S/C27H28N4O2S/c28-27(33)21-11-9-20(10-12-21)19-29-15-17-30(18-16-29)26(32)13-14-31-22-5-1-3-7-24(22)34-25-8-4-2-6-23(25)31/h1-12H,13-19H2,(H2,28,33). The van der Waals surface area contributed by atoms with E-state index in [2.05, 4.69) is 58.3 Å². The van der Waals surface area contributed by atoms with E-state index < -0.39 is 5.91 Å². The first kappa shape index (κ1) is 22.5. The second-order valence-corrected chi connectivity index (χ2v) is 9.74. The molecule has 0 saturated carbocycles. The van der Waals surface area contributed by atoms with Gasteiger partial charge in [0, 0.05) is 61.0 Å². The van der Waals surface area contributed by atoms with Crippen molar-refractivity contribution in [2.24, 2.45) is 5.73 Å². The van der Waals surface area contributed by atoms with Gasteiger partial charge in [0.15, 0.2) is 0 Å². The molecular weight excluding hydrogens is 444 g/mol. The highest BCUT2D eigenvalue weighted by molar-refractivity contribution is 7.99. The third kappa shape index (κ3) is 4.81. The van der Waals surface area contributed by atoms with Gasteiger partial charge in [-0.05, 0) is 42.0 Å². The molecule has 2 aliphatic rings. The summed E-state index contributed by atoms with van der Waals surface area (Å²) in [7, 11) is 0. The predicted octanol–water partition coefficient (Wildman–Crippen LogP) is 4.12. The van der Waals surface area contributed by atoms with Crippen molar-refractivity contribution in [3.8, 4) is 0 Å². The number of carbonyl (C=O) groups is 2. The van der Waals surface area contributed by atoms with Crippen LogP contribution in [-0.4, -0.2) is 54.3 Å². The lowest BCUT2D eigenvalue weighted by molar-refractivity contribution is -0.132. The van der Waals surface area contributed by atoms with E-state index in [1.807, 2.05) is 17.0 Å². The lowest BCUT2D eigenvalue weighted by Gasteiger charge is -2.36. The topological polar surface area (TPSA) is 69.9 Å². The van der Waals surface area contributed by atoms with E-state index in [4.69, 9.17) is 5.73 Å². The highest BCUT2D eigenvalue weighted by atomic mass is 32.2. The van der Waals surface area contributed by atoms with Gasteiger partial charge in [-0.2, -0.15) is 0 Å². The van der Waals surface area contributed by atoms with Crippen LogP contribution in [-0.2, 0) is 11.3 Å². The molecule has 0 atom stereocenters. The Labute approximate surface area is 204 Å². The lowest BCUT2D eigenvalue weighted by atomic mass is 10.1. The molecule has 3 aromatic rings. The van der Waals surface area contributed by atoms with Crippen molar-refractivity contribution in [1.82, 2.24) is 9.80 Å². The summed E-state index contributed by atoms with van der Waals surface area (Å²) in [6.07, 6.45) is 0.488. The van der Waals surface area contributed by atoms with Crippen LogP contribution < -0.4 is 10.6 Å². The third-order valence-electron chi connectivity index (χ3n) is 6.45. The summed E-state index contributed by atoms with van der Waals surface area (Å²) >= 11 is 1.79. The van der Waals surface area contributed by atoms with Crippen LogP contribution >= 0.6 is 11.8 Å². The molecule has 1 saturated heterocycles. The van der Waals surface area contributed by atoms with Crippen LogP contribution in [0, 0.1) is 0 Å². The van der Waals surface area contributed by atoms with Crippen LogP contribution in [0.1, 0.15) is 22.3 Å². The second kappa shape index (κ2) is 9.91. The molecule has 34 heavy (non-hydrogen) atoms. The number of nitrogens with two attached hydrogens (primary N) is 1. The maximum atomic E-state index is 13.1. The number of benzene rings is 3. The maximum absolute atomic E-state index is 13.1. The molecule has 3 aromatic carbocycles. The average Bonchev–Trinajstić information content (AvgIpc) is 2.87. The lowest BCUT2D eigenvalue weighted by Crippen LogP contribution is -2.48. The number of nitrogens with zero attached hydrogens (tertiary/aromatic N) is 3. The number of anilines is 2. The summed E-state index contributed by atoms with van der Waals surface area (Å²) < 4.78 is 0. The van der Waals surface area contributed by atoms with E-state index in [1.54, 1.807) is 23.9 Å². The SMILES string of the molecule is NC(=O)c1ccc(CN2CCN(C(=O)CCN3c4ccccc4Sc4ccccc43)CC2)cc1. The molecular formula is C27H28N4O2S. The number of amides is 2. The van der Waals surface area contributed by atoms with E-state index >= 15 is 0 Å². The second-order valence-electron chi connectivity index (χ2n) is 8.66. The minimum absolute atomic E-state index is 0.207. The summed E-state index contributed by atoms with van der Waals surface area (Å²) in [4.78, 5) is 33.4. The Morgan fingerprint density at radius 3 is 1.97 bits per heavy atom. The number of rotatable bonds is 6.